The van der Waals surface area contributed by atoms with Crippen LogP contribution in [0.4, 0.5) is 19.0 Å². The minimum absolute atomic E-state index is 0.137. The third kappa shape index (κ3) is 4.99. The first kappa shape index (κ1) is 23.3. The summed E-state index contributed by atoms with van der Waals surface area (Å²) < 4.78 is 39.7. The molecule has 1 aromatic carbocycles. The number of rotatable bonds is 6. The maximum Gasteiger partial charge on any atom is 0.418 e. The number of nitrogens with zero attached hydrogens (tertiary/aromatic N) is 4. The summed E-state index contributed by atoms with van der Waals surface area (Å²) in [6, 6.07) is 8.57. The van der Waals surface area contributed by atoms with Gasteiger partial charge in [0.1, 0.15) is 5.82 Å². The van der Waals surface area contributed by atoms with Crippen LogP contribution in [-0.2, 0) is 12.7 Å². The van der Waals surface area contributed by atoms with Crippen molar-refractivity contribution in [3.63, 3.8) is 0 Å². The molecule has 1 unspecified atom stereocenters. The van der Waals surface area contributed by atoms with Crippen LogP contribution in [0.5, 0.6) is 0 Å². The highest BCUT2D eigenvalue weighted by Crippen LogP contribution is 2.55. The molecule has 1 aliphatic carbocycles. The predicted octanol–water partition coefficient (Wildman–Crippen LogP) is 6.33. The zero-order valence-electron chi connectivity index (χ0n) is 18.1. The molecule has 0 bridgehead atoms. The fraction of sp³-hybridized carbons (Fsp3) is 0.375. The van der Waals surface area contributed by atoms with Gasteiger partial charge in [-0.1, -0.05) is 23.2 Å². The molecule has 1 N–H and O–H groups in total. The van der Waals surface area contributed by atoms with Crippen molar-refractivity contribution < 1.29 is 13.2 Å². The summed E-state index contributed by atoms with van der Waals surface area (Å²) in [5.41, 5.74) is 1.34. The number of halogens is 5. The predicted molar refractivity (Wildman–Crippen MR) is 126 cm³/mol. The lowest BCUT2D eigenvalue weighted by molar-refractivity contribution is -0.137. The van der Waals surface area contributed by atoms with Gasteiger partial charge in [0.15, 0.2) is 5.82 Å². The maximum atomic E-state index is 13.2. The SMILES string of the molecule is FC(F)(F)c1cc(NCC2CC3(CC3)CN2Cc2cc(Cl)ccc2-c2ncccn2)ncc1Cl. The molecule has 34 heavy (non-hydrogen) atoms. The summed E-state index contributed by atoms with van der Waals surface area (Å²) in [6.07, 6.45) is 3.24. The van der Waals surface area contributed by atoms with Crippen molar-refractivity contribution in [1.82, 2.24) is 19.9 Å². The van der Waals surface area contributed by atoms with Crippen molar-refractivity contribution in [2.45, 2.75) is 38.0 Å². The third-order valence-electron chi connectivity index (χ3n) is 6.61. The van der Waals surface area contributed by atoms with Crippen LogP contribution in [0.15, 0.2) is 48.9 Å². The molecule has 5 rings (SSSR count). The molecule has 2 aromatic heterocycles. The molecule has 0 radical (unpaired) electrons. The van der Waals surface area contributed by atoms with Crippen LogP contribution in [0.2, 0.25) is 10.0 Å². The summed E-state index contributed by atoms with van der Waals surface area (Å²) in [5, 5.41) is 3.33. The maximum absolute atomic E-state index is 13.2. The topological polar surface area (TPSA) is 53.9 Å². The van der Waals surface area contributed by atoms with E-state index >= 15 is 0 Å². The smallest absolute Gasteiger partial charge is 0.368 e. The van der Waals surface area contributed by atoms with E-state index in [0.29, 0.717) is 29.4 Å². The van der Waals surface area contributed by atoms with E-state index in [2.05, 4.69) is 25.2 Å². The largest absolute Gasteiger partial charge is 0.418 e. The van der Waals surface area contributed by atoms with Gasteiger partial charge in [-0.15, -0.1) is 0 Å². The van der Waals surface area contributed by atoms with Crippen LogP contribution in [-0.4, -0.2) is 39.0 Å². The van der Waals surface area contributed by atoms with Crippen LogP contribution in [0.3, 0.4) is 0 Å². The third-order valence-corrected chi connectivity index (χ3v) is 7.14. The molecule has 10 heteroatoms. The zero-order valence-corrected chi connectivity index (χ0v) is 19.6. The molecule has 3 heterocycles. The Bertz CT molecular complexity index is 1180. The Labute approximate surface area is 205 Å². The molecule has 178 valence electrons. The summed E-state index contributed by atoms with van der Waals surface area (Å²) >= 11 is 12.0. The highest BCUT2D eigenvalue weighted by Gasteiger charge is 2.51. The number of hydrogen-bond donors (Lipinski definition) is 1. The average molecular weight is 508 g/mol. The van der Waals surface area contributed by atoms with Crippen molar-refractivity contribution in [3.8, 4) is 11.4 Å². The van der Waals surface area contributed by atoms with Crippen LogP contribution in [0, 0.1) is 5.41 Å². The van der Waals surface area contributed by atoms with E-state index in [0.717, 1.165) is 36.4 Å². The molecule has 0 amide bonds. The van der Waals surface area contributed by atoms with Crippen molar-refractivity contribution in [2.75, 3.05) is 18.4 Å². The van der Waals surface area contributed by atoms with Crippen molar-refractivity contribution in [3.05, 3.63) is 70.1 Å². The molecular weight excluding hydrogens is 486 g/mol. The second-order valence-electron chi connectivity index (χ2n) is 9.06. The highest BCUT2D eigenvalue weighted by atomic mass is 35.5. The van der Waals surface area contributed by atoms with Crippen LogP contribution in [0.25, 0.3) is 11.4 Å². The molecule has 2 aliphatic rings. The van der Waals surface area contributed by atoms with E-state index in [1.165, 1.54) is 12.8 Å². The number of benzene rings is 1. The number of nitrogens with one attached hydrogen (secondary N) is 1. The molecule has 1 aliphatic heterocycles. The summed E-state index contributed by atoms with van der Waals surface area (Å²) in [6.45, 7) is 2.05. The fourth-order valence-electron chi connectivity index (χ4n) is 4.72. The highest BCUT2D eigenvalue weighted by molar-refractivity contribution is 6.31. The number of pyridine rings is 1. The fourth-order valence-corrected chi connectivity index (χ4v) is 5.13. The normalized spacial score (nSPS) is 19.5. The van der Waals surface area contributed by atoms with Gasteiger partial charge in [-0.25, -0.2) is 15.0 Å². The molecule has 1 saturated carbocycles. The lowest BCUT2D eigenvalue weighted by atomic mass is 10.0. The van der Waals surface area contributed by atoms with Gasteiger partial charge in [0, 0.05) is 54.9 Å². The van der Waals surface area contributed by atoms with E-state index in [1.54, 1.807) is 18.5 Å². The van der Waals surface area contributed by atoms with Gasteiger partial charge in [0.2, 0.25) is 0 Å². The molecule has 5 nitrogen and oxygen atoms in total. The second kappa shape index (κ2) is 8.98. The van der Waals surface area contributed by atoms with Gasteiger partial charge in [0.25, 0.3) is 0 Å². The Morgan fingerprint density at radius 3 is 2.56 bits per heavy atom. The summed E-state index contributed by atoms with van der Waals surface area (Å²) in [5.74, 6) is 0.795. The first-order chi connectivity index (χ1) is 16.2. The van der Waals surface area contributed by atoms with Crippen molar-refractivity contribution >= 4 is 29.0 Å². The standard InChI is InChI=1S/C24H22Cl2F3N5/c25-16-2-3-18(22-30-6-1-7-31-22)15(8-16)13-34-14-23(4-5-23)10-17(34)11-32-21-9-19(24(27,28)29)20(26)12-33-21/h1-3,6-9,12,17H,4-5,10-11,13-14H2,(H,32,33). The Morgan fingerprint density at radius 1 is 1.09 bits per heavy atom. The van der Waals surface area contributed by atoms with E-state index in [-0.39, 0.29) is 11.9 Å². The minimum atomic E-state index is -4.53. The van der Waals surface area contributed by atoms with E-state index < -0.39 is 16.8 Å². The second-order valence-corrected chi connectivity index (χ2v) is 9.91. The molecule has 1 saturated heterocycles. The first-order valence-electron chi connectivity index (χ1n) is 11.0. The molecular formula is C24H22Cl2F3N5. The first-order valence-corrected chi connectivity index (χ1v) is 11.7. The monoisotopic (exact) mass is 507 g/mol. The molecule has 3 aromatic rings. The lowest BCUT2D eigenvalue weighted by Crippen LogP contribution is -2.35. The Morgan fingerprint density at radius 2 is 1.85 bits per heavy atom. The van der Waals surface area contributed by atoms with Crippen LogP contribution < -0.4 is 5.32 Å². The van der Waals surface area contributed by atoms with E-state index in [1.807, 2.05) is 18.2 Å². The Kier molecular flexibility index (Phi) is 6.16. The zero-order chi connectivity index (χ0) is 23.9. The lowest BCUT2D eigenvalue weighted by Gasteiger charge is -2.26. The van der Waals surface area contributed by atoms with E-state index in [4.69, 9.17) is 23.2 Å². The minimum Gasteiger partial charge on any atom is -0.368 e. The van der Waals surface area contributed by atoms with Crippen molar-refractivity contribution in [1.29, 1.82) is 0 Å². The average Bonchev–Trinajstić information content (AvgIpc) is 3.46. The summed E-state index contributed by atoms with van der Waals surface area (Å²) in [7, 11) is 0. The van der Waals surface area contributed by atoms with Gasteiger partial charge in [-0.2, -0.15) is 13.2 Å². The number of anilines is 1. The van der Waals surface area contributed by atoms with Crippen molar-refractivity contribution in [2.24, 2.45) is 5.41 Å². The molecule has 1 atom stereocenters. The van der Waals surface area contributed by atoms with Gasteiger partial charge >= 0.3 is 6.18 Å². The number of hydrogen-bond acceptors (Lipinski definition) is 5. The number of aromatic nitrogens is 3. The van der Waals surface area contributed by atoms with Crippen LogP contribution >= 0.6 is 23.2 Å². The van der Waals surface area contributed by atoms with Gasteiger partial charge < -0.3 is 5.32 Å². The van der Waals surface area contributed by atoms with E-state index in [9.17, 15) is 13.2 Å². The van der Waals surface area contributed by atoms with Gasteiger partial charge in [0.05, 0.1) is 10.6 Å². The number of alkyl halides is 3. The Balaban J connectivity index is 1.36. The van der Waals surface area contributed by atoms with Gasteiger partial charge in [-0.05, 0) is 60.6 Å². The number of likely N-dealkylation sites (tertiary alicyclic amines) is 1. The molecule has 1 spiro atoms. The Hall–Kier alpha value is -2.42. The van der Waals surface area contributed by atoms with Crippen LogP contribution in [0.1, 0.15) is 30.4 Å². The van der Waals surface area contributed by atoms with Gasteiger partial charge in [-0.3, -0.25) is 4.90 Å². The summed E-state index contributed by atoms with van der Waals surface area (Å²) in [4.78, 5) is 15.2. The quantitative estimate of drug-likeness (QED) is 0.422. The molecule has 2 fully saturated rings.